The molecule has 0 fully saturated rings. The minimum atomic E-state index is -0.846. The van der Waals surface area contributed by atoms with Gasteiger partial charge in [-0.25, -0.2) is 14.4 Å². The monoisotopic (exact) mass is 444 g/mol. The van der Waals surface area contributed by atoms with Crippen LogP contribution in [0.5, 0.6) is 0 Å². The van der Waals surface area contributed by atoms with E-state index in [-0.39, 0.29) is 11.5 Å². The Morgan fingerprint density at radius 1 is 1.13 bits per heavy atom. The number of hydrogen-bond acceptors (Lipinski definition) is 4. The Morgan fingerprint density at radius 3 is 2.70 bits per heavy atom. The van der Waals surface area contributed by atoms with Gasteiger partial charge in [0.2, 0.25) is 6.29 Å². The molecule has 30 heavy (non-hydrogen) atoms. The van der Waals surface area contributed by atoms with Crippen molar-refractivity contribution < 1.29 is 14.0 Å². The summed E-state index contributed by atoms with van der Waals surface area (Å²) in [5, 5.41) is 3.27. The largest absolute Gasteiger partial charge is 0.314 e. The molecule has 0 spiro atoms. The minimum absolute atomic E-state index is 0.0729. The van der Waals surface area contributed by atoms with Gasteiger partial charge in [-0.15, -0.1) is 0 Å². The fraction of sp³-hybridized carbons (Fsp3) is 0.143. The van der Waals surface area contributed by atoms with Crippen LogP contribution in [0.25, 0.3) is 0 Å². The van der Waals surface area contributed by atoms with Crippen LogP contribution in [0.2, 0.25) is 10.0 Å². The third-order valence-corrected chi connectivity index (χ3v) is 5.40. The van der Waals surface area contributed by atoms with Gasteiger partial charge in [0.1, 0.15) is 5.82 Å². The van der Waals surface area contributed by atoms with Crippen LogP contribution in [0.15, 0.2) is 64.2 Å². The molecule has 2 aliphatic rings. The topological polar surface area (TPSA) is 74.1 Å². The highest BCUT2D eigenvalue weighted by atomic mass is 35.5. The van der Waals surface area contributed by atoms with Crippen LogP contribution in [-0.4, -0.2) is 41.5 Å². The molecule has 0 radical (unpaired) electrons. The Balaban J connectivity index is 1.47. The quantitative estimate of drug-likeness (QED) is 0.773. The number of carbonyl (C=O) groups is 2. The van der Waals surface area contributed by atoms with Gasteiger partial charge in [-0.3, -0.25) is 9.59 Å². The van der Waals surface area contributed by atoms with E-state index in [1.54, 1.807) is 35.5 Å². The molecule has 0 saturated heterocycles. The van der Waals surface area contributed by atoms with Crippen molar-refractivity contribution in [2.75, 3.05) is 6.54 Å². The van der Waals surface area contributed by atoms with Crippen molar-refractivity contribution in [1.29, 1.82) is 0 Å². The second kappa shape index (κ2) is 8.38. The van der Waals surface area contributed by atoms with Crippen molar-refractivity contribution >= 4 is 46.9 Å². The Hall–Kier alpha value is -3.03. The van der Waals surface area contributed by atoms with Gasteiger partial charge in [-0.2, -0.15) is 0 Å². The molecule has 0 aromatic heterocycles. The zero-order valence-electron chi connectivity index (χ0n) is 15.5. The van der Waals surface area contributed by atoms with E-state index >= 15 is 0 Å². The van der Waals surface area contributed by atoms with Crippen LogP contribution in [0, 0.1) is 5.82 Å². The average molecular weight is 445 g/mol. The number of amides is 2. The van der Waals surface area contributed by atoms with E-state index < -0.39 is 18.0 Å². The Morgan fingerprint density at radius 2 is 1.93 bits per heavy atom. The molecular weight excluding hydrogens is 430 g/mol. The zero-order chi connectivity index (χ0) is 21.3. The highest BCUT2D eigenvalue weighted by molar-refractivity contribution is 6.42. The van der Waals surface area contributed by atoms with E-state index in [0.717, 1.165) is 0 Å². The van der Waals surface area contributed by atoms with E-state index in [4.69, 9.17) is 23.2 Å². The van der Waals surface area contributed by atoms with Crippen molar-refractivity contribution in [3.8, 4) is 0 Å². The first-order chi connectivity index (χ1) is 14.4. The fourth-order valence-electron chi connectivity index (χ4n) is 3.12. The highest BCUT2D eigenvalue weighted by Crippen LogP contribution is 2.24. The number of carbonyl (C=O) groups excluding carboxylic acids is 2. The number of fused-ring (bicyclic) bond motifs is 1. The molecule has 0 aliphatic carbocycles. The Bertz CT molecular complexity index is 1130. The van der Waals surface area contributed by atoms with E-state index in [1.807, 2.05) is 0 Å². The number of allylic oxidation sites excluding steroid dienone is 1. The normalized spacial score (nSPS) is 17.7. The number of nitrogens with one attached hydrogen (secondary N) is 1. The molecule has 9 heteroatoms. The van der Waals surface area contributed by atoms with Gasteiger partial charge in [-0.1, -0.05) is 35.3 Å². The van der Waals surface area contributed by atoms with Gasteiger partial charge in [0.05, 0.1) is 21.3 Å². The summed E-state index contributed by atoms with van der Waals surface area (Å²) in [6.45, 7) is 0.406. The first kappa shape index (κ1) is 20.3. The second-order valence-electron chi connectivity index (χ2n) is 6.64. The summed E-state index contributed by atoms with van der Waals surface area (Å²) in [7, 11) is 0. The average Bonchev–Trinajstić information content (AvgIpc) is 2.75. The predicted molar refractivity (Wildman–Crippen MR) is 114 cm³/mol. The summed E-state index contributed by atoms with van der Waals surface area (Å²) in [5.74, 6) is -1.43. The van der Waals surface area contributed by atoms with Gasteiger partial charge in [-0.05, 0) is 30.3 Å². The standard InChI is InChI=1S/C21H15Cl2FN4O2/c22-15-6-5-12(9-16(15)23)20(30)28-8-7-18-13(11-28)10-25-21(26-18)27-19(29)14-3-1-2-4-17(14)24/h1-6,9-11,21H,7-8H2,(H,27,29). The van der Waals surface area contributed by atoms with Gasteiger partial charge >= 0.3 is 0 Å². The molecular formula is C21H15Cl2FN4O2. The van der Waals surface area contributed by atoms with E-state index in [9.17, 15) is 14.0 Å². The van der Waals surface area contributed by atoms with Crippen molar-refractivity contribution in [1.82, 2.24) is 10.2 Å². The Labute approximate surface area is 181 Å². The molecule has 1 unspecified atom stereocenters. The zero-order valence-corrected chi connectivity index (χ0v) is 17.0. The molecule has 2 aliphatic heterocycles. The maximum atomic E-state index is 13.8. The van der Waals surface area contributed by atoms with Gasteiger partial charge < -0.3 is 10.2 Å². The van der Waals surface area contributed by atoms with Crippen LogP contribution in [-0.2, 0) is 0 Å². The number of rotatable bonds is 3. The second-order valence-corrected chi connectivity index (χ2v) is 7.46. The van der Waals surface area contributed by atoms with Crippen LogP contribution in [0.4, 0.5) is 4.39 Å². The first-order valence-corrected chi connectivity index (χ1v) is 9.81. The van der Waals surface area contributed by atoms with Crippen molar-refractivity contribution in [2.24, 2.45) is 9.98 Å². The lowest BCUT2D eigenvalue weighted by molar-refractivity contribution is 0.0822. The molecule has 0 saturated carbocycles. The van der Waals surface area contributed by atoms with E-state index in [0.29, 0.717) is 39.9 Å². The summed E-state index contributed by atoms with van der Waals surface area (Å²) in [6, 6.07) is 10.4. The predicted octanol–water partition coefficient (Wildman–Crippen LogP) is 4.10. The van der Waals surface area contributed by atoms with Crippen LogP contribution >= 0.6 is 23.2 Å². The minimum Gasteiger partial charge on any atom is -0.314 e. The molecule has 2 aromatic carbocycles. The molecule has 1 atom stereocenters. The van der Waals surface area contributed by atoms with Crippen molar-refractivity contribution in [3.63, 3.8) is 0 Å². The van der Waals surface area contributed by atoms with Crippen molar-refractivity contribution in [3.05, 3.63) is 81.2 Å². The van der Waals surface area contributed by atoms with Gasteiger partial charge in [0.25, 0.3) is 11.8 Å². The first-order valence-electron chi connectivity index (χ1n) is 9.06. The smallest absolute Gasteiger partial charge is 0.257 e. The third kappa shape index (κ3) is 4.13. The Kier molecular flexibility index (Phi) is 5.65. The van der Waals surface area contributed by atoms with E-state index in [1.165, 1.54) is 24.3 Å². The number of halogens is 3. The fourth-order valence-corrected chi connectivity index (χ4v) is 3.42. The van der Waals surface area contributed by atoms with Crippen molar-refractivity contribution in [2.45, 2.75) is 12.7 Å². The summed E-state index contributed by atoms with van der Waals surface area (Å²) in [4.78, 5) is 35.2. The van der Waals surface area contributed by atoms with E-state index in [2.05, 4.69) is 15.3 Å². The summed E-state index contributed by atoms with van der Waals surface area (Å²) >= 11 is 11.9. The summed E-state index contributed by atoms with van der Waals surface area (Å²) < 4.78 is 13.8. The molecule has 4 rings (SSSR count). The molecule has 2 amide bonds. The maximum absolute atomic E-state index is 13.8. The lowest BCUT2D eigenvalue weighted by Gasteiger charge is -2.27. The maximum Gasteiger partial charge on any atom is 0.257 e. The van der Waals surface area contributed by atoms with Crippen LogP contribution in [0.1, 0.15) is 27.1 Å². The molecule has 0 bridgehead atoms. The van der Waals surface area contributed by atoms with Gasteiger partial charge in [0.15, 0.2) is 0 Å². The number of nitrogens with zero attached hydrogens (tertiary/aromatic N) is 3. The molecule has 6 nitrogen and oxygen atoms in total. The lowest BCUT2D eigenvalue weighted by Crippen LogP contribution is -2.39. The van der Waals surface area contributed by atoms with Gasteiger partial charge in [0, 0.05) is 36.5 Å². The number of hydrogen-bond donors (Lipinski definition) is 1. The molecule has 2 aromatic rings. The number of aliphatic imine (C=N–C) groups is 2. The third-order valence-electron chi connectivity index (χ3n) is 4.66. The summed E-state index contributed by atoms with van der Waals surface area (Å²) in [6.07, 6.45) is 2.84. The highest BCUT2D eigenvalue weighted by Gasteiger charge is 2.25. The number of benzene rings is 2. The van der Waals surface area contributed by atoms with Crippen LogP contribution < -0.4 is 5.32 Å². The SMILES string of the molecule is O=C(NC1N=CC2=CN(C(=O)c3ccc(Cl)c(Cl)c3)CCC2=N1)c1ccccc1F. The molecule has 2 heterocycles. The molecule has 152 valence electrons. The lowest BCUT2D eigenvalue weighted by atomic mass is 10.0. The van der Waals surface area contributed by atoms with Crippen LogP contribution in [0.3, 0.4) is 0 Å². The summed E-state index contributed by atoms with van der Waals surface area (Å²) in [5.41, 5.74) is 1.73. The molecule has 1 N–H and O–H groups in total.